The van der Waals surface area contributed by atoms with Gasteiger partial charge in [-0.25, -0.2) is 4.79 Å². The summed E-state index contributed by atoms with van der Waals surface area (Å²) in [6, 6.07) is -0.0465. The Morgan fingerprint density at radius 3 is 2.38 bits per heavy atom. The monoisotopic (exact) mass is 188 g/mol. The molecule has 5 nitrogen and oxygen atoms in total. The van der Waals surface area contributed by atoms with Crippen LogP contribution in [-0.2, 0) is 0 Å². The van der Waals surface area contributed by atoms with Crippen molar-refractivity contribution in [2.75, 3.05) is 13.2 Å². The summed E-state index contributed by atoms with van der Waals surface area (Å²) in [5.41, 5.74) is -0.932. The zero-order valence-electron chi connectivity index (χ0n) is 7.71. The van der Waals surface area contributed by atoms with E-state index >= 15 is 0 Å². The average Bonchev–Trinajstić information content (AvgIpc) is 2.88. The molecule has 0 spiro atoms. The zero-order chi connectivity index (χ0) is 9.90. The molecule has 2 amide bonds. The van der Waals surface area contributed by atoms with E-state index in [1.54, 1.807) is 6.92 Å². The van der Waals surface area contributed by atoms with Gasteiger partial charge in [-0.3, -0.25) is 0 Å². The quantitative estimate of drug-likeness (QED) is 0.466. The van der Waals surface area contributed by atoms with Gasteiger partial charge in [0.15, 0.2) is 0 Å². The number of nitrogens with one attached hydrogen (secondary N) is 2. The summed E-state index contributed by atoms with van der Waals surface area (Å²) in [6.07, 6.45) is 2.03. The number of urea groups is 1. The molecule has 0 saturated heterocycles. The smallest absolute Gasteiger partial charge is 0.315 e. The normalized spacial score (nSPS) is 16.8. The molecule has 0 unspecified atom stereocenters. The molecule has 1 aliphatic carbocycles. The molecule has 0 aromatic carbocycles. The van der Waals surface area contributed by atoms with Gasteiger partial charge in [0, 0.05) is 6.04 Å². The fourth-order valence-corrected chi connectivity index (χ4v) is 0.852. The predicted molar refractivity (Wildman–Crippen MR) is 47.3 cm³/mol. The molecule has 4 N–H and O–H groups in total. The topological polar surface area (TPSA) is 81.6 Å². The lowest BCUT2D eigenvalue weighted by atomic mass is 10.1. The highest BCUT2D eigenvalue weighted by molar-refractivity contribution is 5.75. The van der Waals surface area contributed by atoms with Crippen LogP contribution < -0.4 is 10.6 Å². The van der Waals surface area contributed by atoms with Crippen LogP contribution in [0.15, 0.2) is 0 Å². The summed E-state index contributed by atoms with van der Waals surface area (Å²) in [6.45, 7) is 1.03. The second kappa shape index (κ2) is 3.93. The van der Waals surface area contributed by atoms with Crippen molar-refractivity contribution in [2.24, 2.45) is 0 Å². The second-order valence-corrected chi connectivity index (χ2v) is 3.75. The van der Waals surface area contributed by atoms with Gasteiger partial charge in [0.2, 0.25) is 0 Å². The molecule has 1 aliphatic rings. The standard InChI is InChI=1S/C8H16N2O3/c1-8(4-11,5-12)10-7(13)9-6-2-3-6/h6,11-12H,2-5H2,1H3,(H2,9,10,13). The maximum atomic E-state index is 11.2. The molecule has 76 valence electrons. The molecule has 0 bridgehead atoms. The van der Waals surface area contributed by atoms with E-state index in [9.17, 15) is 4.79 Å². The van der Waals surface area contributed by atoms with Crippen molar-refractivity contribution in [1.29, 1.82) is 0 Å². The molecule has 1 saturated carbocycles. The lowest BCUT2D eigenvalue weighted by Crippen LogP contribution is -2.55. The maximum Gasteiger partial charge on any atom is 0.315 e. The molecule has 0 aliphatic heterocycles. The summed E-state index contributed by atoms with van der Waals surface area (Å²) in [4.78, 5) is 11.2. The third kappa shape index (κ3) is 3.20. The molecule has 0 radical (unpaired) electrons. The lowest BCUT2D eigenvalue weighted by Gasteiger charge is -2.26. The van der Waals surface area contributed by atoms with E-state index in [2.05, 4.69) is 10.6 Å². The first-order chi connectivity index (χ1) is 6.09. The SMILES string of the molecule is CC(CO)(CO)NC(=O)NC1CC1. The number of aliphatic hydroxyl groups is 2. The molecule has 0 heterocycles. The minimum Gasteiger partial charge on any atom is -0.394 e. The van der Waals surface area contributed by atoms with Crippen molar-refractivity contribution < 1.29 is 15.0 Å². The molecular formula is C8H16N2O3. The molecule has 1 fully saturated rings. The van der Waals surface area contributed by atoms with Gasteiger partial charge in [-0.1, -0.05) is 0 Å². The molecule has 13 heavy (non-hydrogen) atoms. The number of carbonyl (C=O) groups is 1. The van der Waals surface area contributed by atoms with Gasteiger partial charge < -0.3 is 20.8 Å². The summed E-state index contributed by atoms with van der Waals surface area (Å²) in [7, 11) is 0. The van der Waals surface area contributed by atoms with E-state index in [0.717, 1.165) is 12.8 Å². The van der Waals surface area contributed by atoms with Crippen LogP contribution in [0.2, 0.25) is 0 Å². The summed E-state index contributed by atoms with van der Waals surface area (Å²) >= 11 is 0. The molecule has 1 rings (SSSR count). The summed E-state index contributed by atoms with van der Waals surface area (Å²) in [5, 5.41) is 23.0. The van der Waals surface area contributed by atoms with Crippen LogP contribution in [0.25, 0.3) is 0 Å². The highest BCUT2D eigenvalue weighted by atomic mass is 16.3. The van der Waals surface area contributed by atoms with Gasteiger partial charge in [-0.05, 0) is 19.8 Å². The van der Waals surface area contributed by atoms with E-state index in [1.165, 1.54) is 0 Å². The van der Waals surface area contributed by atoms with Gasteiger partial charge in [0.1, 0.15) is 0 Å². The Morgan fingerprint density at radius 1 is 1.46 bits per heavy atom. The van der Waals surface area contributed by atoms with Gasteiger partial charge in [0.25, 0.3) is 0 Å². The summed E-state index contributed by atoms with van der Waals surface area (Å²) in [5.74, 6) is 0. The number of aliphatic hydroxyl groups excluding tert-OH is 2. The second-order valence-electron chi connectivity index (χ2n) is 3.75. The van der Waals surface area contributed by atoms with E-state index < -0.39 is 5.54 Å². The first-order valence-corrected chi connectivity index (χ1v) is 4.40. The molecule has 0 aromatic rings. The van der Waals surface area contributed by atoms with Crippen molar-refractivity contribution >= 4 is 6.03 Å². The van der Waals surface area contributed by atoms with E-state index in [4.69, 9.17) is 10.2 Å². The number of hydrogen-bond donors (Lipinski definition) is 4. The average molecular weight is 188 g/mol. The third-order valence-electron chi connectivity index (χ3n) is 2.03. The Balaban J connectivity index is 2.31. The Morgan fingerprint density at radius 2 is 2.00 bits per heavy atom. The maximum absolute atomic E-state index is 11.2. The minimum absolute atomic E-state index is 0.276. The number of rotatable bonds is 4. The number of carbonyl (C=O) groups excluding carboxylic acids is 1. The highest BCUT2D eigenvalue weighted by Gasteiger charge is 2.28. The van der Waals surface area contributed by atoms with Crippen LogP contribution in [0.3, 0.4) is 0 Å². The predicted octanol–water partition coefficient (Wildman–Crippen LogP) is -0.809. The fraction of sp³-hybridized carbons (Fsp3) is 0.875. The van der Waals surface area contributed by atoms with Crippen LogP contribution in [0.5, 0.6) is 0 Å². The molecule has 5 heteroatoms. The Hall–Kier alpha value is -0.810. The van der Waals surface area contributed by atoms with Crippen molar-refractivity contribution in [3.63, 3.8) is 0 Å². The van der Waals surface area contributed by atoms with Crippen LogP contribution in [0, 0.1) is 0 Å². The zero-order valence-corrected chi connectivity index (χ0v) is 7.71. The van der Waals surface area contributed by atoms with Crippen LogP contribution in [0.4, 0.5) is 4.79 Å². The van der Waals surface area contributed by atoms with E-state index in [-0.39, 0.29) is 25.3 Å². The summed E-state index contributed by atoms with van der Waals surface area (Å²) < 4.78 is 0. The van der Waals surface area contributed by atoms with Gasteiger partial charge >= 0.3 is 6.03 Å². The van der Waals surface area contributed by atoms with E-state index in [0.29, 0.717) is 0 Å². The minimum atomic E-state index is -0.932. The van der Waals surface area contributed by atoms with Gasteiger partial charge in [0.05, 0.1) is 18.8 Å². The van der Waals surface area contributed by atoms with Gasteiger partial charge in [-0.2, -0.15) is 0 Å². The number of hydrogen-bond acceptors (Lipinski definition) is 3. The fourth-order valence-electron chi connectivity index (χ4n) is 0.852. The van der Waals surface area contributed by atoms with E-state index in [1.807, 2.05) is 0 Å². The largest absolute Gasteiger partial charge is 0.394 e. The Kier molecular flexibility index (Phi) is 3.11. The number of amides is 2. The van der Waals surface area contributed by atoms with Crippen molar-refractivity contribution in [3.05, 3.63) is 0 Å². The van der Waals surface area contributed by atoms with Crippen molar-refractivity contribution in [1.82, 2.24) is 10.6 Å². The lowest BCUT2D eigenvalue weighted by molar-refractivity contribution is 0.109. The molecule has 0 aromatic heterocycles. The first kappa shape index (κ1) is 10.3. The van der Waals surface area contributed by atoms with Crippen molar-refractivity contribution in [2.45, 2.75) is 31.3 Å². The first-order valence-electron chi connectivity index (χ1n) is 4.40. The Bertz CT molecular complexity index is 188. The van der Waals surface area contributed by atoms with Gasteiger partial charge in [-0.15, -0.1) is 0 Å². The van der Waals surface area contributed by atoms with Crippen LogP contribution >= 0.6 is 0 Å². The molecule has 0 atom stereocenters. The van der Waals surface area contributed by atoms with Crippen LogP contribution in [0.1, 0.15) is 19.8 Å². The van der Waals surface area contributed by atoms with Crippen LogP contribution in [-0.4, -0.2) is 41.0 Å². The highest BCUT2D eigenvalue weighted by Crippen LogP contribution is 2.18. The van der Waals surface area contributed by atoms with Crippen molar-refractivity contribution in [3.8, 4) is 0 Å². The Labute approximate surface area is 77.1 Å². The third-order valence-corrected chi connectivity index (χ3v) is 2.03. The molecular weight excluding hydrogens is 172 g/mol.